The smallest absolute Gasteiger partial charge is 0.340 e. The summed E-state index contributed by atoms with van der Waals surface area (Å²) in [5.74, 6) is -1.26. The second-order valence-electron chi connectivity index (χ2n) is 3.83. The number of hydrogen-bond acceptors (Lipinski definition) is 4. The number of hydrogen-bond donors (Lipinski definition) is 4. The Kier molecular flexibility index (Phi) is 3.71. The number of halogens is 1. The lowest BCUT2D eigenvalue weighted by molar-refractivity contribution is -0.139. The second-order valence-corrected chi connectivity index (χ2v) is 3.83. The monoisotopic (exact) mass is 266 g/mol. The zero-order valence-electron chi connectivity index (χ0n) is 9.68. The number of nitrogens with one attached hydrogen (secondary N) is 3. The molecule has 2 aromatic rings. The zero-order valence-corrected chi connectivity index (χ0v) is 9.68. The highest BCUT2D eigenvalue weighted by Crippen LogP contribution is 2.14. The van der Waals surface area contributed by atoms with E-state index in [4.69, 9.17) is 5.11 Å². The second kappa shape index (κ2) is 5.44. The molecular weight excluding hydrogens is 255 g/mol. The van der Waals surface area contributed by atoms with Crippen molar-refractivity contribution >= 4 is 5.97 Å². The Balaban J connectivity index is 2.10. The van der Waals surface area contributed by atoms with E-state index in [2.05, 4.69) is 20.5 Å². The van der Waals surface area contributed by atoms with Crippen molar-refractivity contribution in [2.45, 2.75) is 12.6 Å². The Labute approximate surface area is 106 Å². The lowest BCUT2D eigenvalue weighted by Gasteiger charge is -2.13. The van der Waals surface area contributed by atoms with Crippen LogP contribution in [0.4, 0.5) is 4.39 Å². The van der Waals surface area contributed by atoms with Crippen LogP contribution in [-0.4, -0.2) is 26.3 Å². The van der Waals surface area contributed by atoms with E-state index in [0.717, 1.165) is 0 Å². The highest BCUT2D eigenvalue weighted by molar-refractivity contribution is 5.75. The van der Waals surface area contributed by atoms with Gasteiger partial charge in [-0.25, -0.2) is 14.3 Å². The summed E-state index contributed by atoms with van der Waals surface area (Å²) < 4.78 is 12.8. The molecule has 19 heavy (non-hydrogen) atoms. The molecule has 0 aliphatic heterocycles. The highest BCUT2D eigenvalue weighted by Gasteiger charge is 2.19. The predicted octanol–water partition coefficient (Wildman–Crippen LogP) is 0.153. The third-order valence-electron chi connectivity index (χ3n) is 2.47. The number of carboxylic acid groups (broad SMARTS) is 1. The van der Waals surface area contributed by atoms with Crippen molar-refractivity contribution in [2.75, 3.05) is 0 Å². The average Bonchev–Trinajstić information content (AvgIpc) is 2.77. The molecule has 4 N–H and O–H groups in total. The highest BCUT2D eigenvalue weighted by atomic mass is 19.1. The third kappa shape index (κ3) is 3.26. The Bertz CT molecular complexity index is 619. The SMILES string of the molecule is O=C(O)[C@@H](NCc1n[nH]c(=O)[nH]1)c1ccc(F)cc1. The first kappa shape index (κ1) is 13.0. The summed E-state index contributed by atoms with van der Waals surface area (Å²) in [5, 5.41) is 17.6. The van der Waals surface area contributed by atoms with Crippen LogP contribution in [0, 0.1) is 5.82 Å². The summed E-state index contributed by atoms with van der Waals surface area (Å²) in [6.07, 6.45) is 0. The molecule has 0 bridgehead atoms. The van der Waals surface area contributed by atoms with Crippen molar-refractivity contribution in [1.82, 2.24) is 20.5 Å². The summed E-state index contributed by atoms with van der Waals surface area (Å²) in [4.78, 5) is 24.4. The molecule has 8 heteroatoms. The molecule has 0 fully saturated rings. The number of aliphatic carboxylic acids is 1. The minimum atomic E-state index is -1.11. The Morgan fingerprint density at radius 3 is 2.63 bits per heavy atom. The van der Waals surface area contributed by atoms with E-state index in [1.807, 2.05) is 0 Å². The van der Waals surface area contributed by atoms with Gasteiger partial charge < -0.3 is 5.11 Å². The standard InChI is InChI=1S/C11H11FN4O3/c12-7-3-1-6(2-4-7)9(10(17)18)13-5-8-14-11(19)16-15-8/h1-4,9,13H,5H2,(H,17,18)(H2,14,15,16,19)/t9-/m0/s1. The number of rotatable bonds is 5. The molecule has 1 aromatic carbocycles. The Morgan fingerprint density at radius 2 is 2.11 bits per heavy atom. The van der Waals surface area contributed by atoms with E-state index < -0.39 is 23.5 Å². The maximum atomic E-state index is 12.8. The van der Waals surface area contributed by atoms with Crippen molar-refractivity contribution in [3.05, 3.63) is 52.0 Å². The fraction of sp³-hybridized carbons (Fsp3) is 0.182. The fourth-order valence-electron chi connectivity index (χ4n) is 1.59. The average molecular weight is 266 g/mol. The summed E-state index contributed by atoms with van der Waals surface area (Å²) in [7, 11) is 0. The summed E-state index contributed by atoms with van der Waals surface area (Å²) in [5.41, 5.74) is -0.0581. The van der Waals surface area contributed by atoms with Crippen molar-refractivity contribution in [3.8, 4) is 0 Å². The van der Waals surface area contributed by atoms with Gasteiger partial charge >= 0.3 is 11.7 Å². The van der Waals surface area contributed by atoms with Gasteiger partial charge in [0.25, 0.3) is 0 Å². The summed E-state index contributed by atoms with van der Waals surface area (Å²) in [6, 6.07) is 4.12. The molecular formula is C11H11FN4O3. The number of carbonyl (C=O) groups is 1. The van der Waals surface area contributed by atoms with Crippen molar-refractivity contribution in [2.24, 2.45) is 0 Å². The van der Waals surface area contributed by atoms with Crippen LogP contribution in [0.15, 0.2) is 29.1 Å². The minimum absolute atomic E-state index is 0.0626. The Hall–Kier alpha value is -2.48. The molecule has 0 saturated carbocycles. The number of aromatic nitrogens is 3. The van der Waals surface area contributed by atoms with E-state index in [0.29, 0.717) is 11.4 Å². The molecule has 100 valence electrons. The third-order valence-corrected chi connectivity index (χ3v) is 2.47. The van der Waals surface area contributed by atoms with Gasteiger partial charge in [-0.3, -0.25) is 15.1 Å². The van der Waals surface area contributed by atoms with Crippen molar-refractivity contribution < 1.29 is 14.3 Å². The van der Waals surface area contributed by atoms with Gasteiger partial charge in [0.2, 0.25) is 0 Å². The van der Waals surface area contributed by atoms with Crippen molar-refractivity contribution in [1.29, 1.82) is 0 Å². The number of H-pyrrole nitrogens is 2. The van der Waals surface area contributed by atoms with E-state index in [-0.39, 0.29) is 6.54 Å². The van der Waals surface area contributed by atoms with Crippen molar-refractivity contribution in [3.63, 3.8) is 0 Å². The summed E-state index contributed by atoms with van der Waals surface area (Å²) >= 11 is 0. The van der Waals surface area contributed by atoms with Gasteiger partial charge in [0.05, 0.1) is 6.54 Å². The minimum Gasteiger partial charge on any atom is -0.480 e. The first-order chi connectivity index (χ1) is 9.06. The van der Waals surface area contributed by atoms with E-state index >= 15 is 0 Å². The van der Waals surface area contributed by atoms with Gasteiger partial charge in [0.1, 0.15) is 17.7 Å². The van der Waals surface area contributed by atoms with Gasteiger partial charge in [-0.15, -0.1) is 0 Å². The normalized spacial score (nSPS) is 12.3. The van der Waals surface area contributed by atoms with E-state index in [9.17, 15) is 14.0 Å². The van der Waals surface area contributed by atoms with Gasteiger partial charge in [0.15, 0.2) is 0 Å². The maximum Gasteiger partial charge on any atom is 0.340 e. The van der Waals surface area contributed by atoms with Crippen LogP contribution in [0.25, 0.3) is 0 Å². The number of nitrogens with zero attached hydrogens (tertiary/aromatic N) is 1. The molecule has 1 heterocycles. The molecule has 1 aromatic heterocycles. The molecule has 0 aliphatic rings. The fourth-order valence-corrected chi connectivity index (χ4v) is 1.59. The molecule has 0 unspecified atom stereocenters. The van der Waals surface area contributed by atoms with Crippen LogP contribution >= 0.6 is 0 Å². The molecule has 1 atom stereocenters. The molecule has 0 radical (unpaired) electrons. The van der Waals surface area contributed by atoms with Crippen LogP contribution in [0.1, 0.15) is 17.4 Å². The van der Waals surface area contributed by atoms with Gasteiger partial charge in [-0.1, -0.05) is 12.1 Å². The largest absolute Gasteiger partial charge is 0.480 e. The van der Waals surface area contributed by atoms with Gasteiger partial charge in [-0.05, 0) is 17.7 Å². The number of aromatic amines is 2. The lowest BCUT2D eigenvalue weighted by atomic mass is 10.1. The van der Waals surface area contributed by atoms with Gasteiger partial charge in [0, 0.05) is 0 Å². The van der Waals surface area contributed by atoms with Crippen LogP contribution in [0.3, 0.4) is 0 Å². The van der Waals surface area contributed by atoms with Crippen LogP contribution < -0.4 is 11.0 Å². The van der Waals surface area contributed by atoms with E-state index in [1.165, 1.54) is 24.3 Å². The molecule has 0 aliphatic carbocycles. The molecule has 0 amide bonds. The zero-order chi connectivity index (χ0) is 13.8. The maximum absolute atomic E-state index is 12.8. The Morgan fingerprint density at radius 1 is 1.42 bits per heavy atom. The quantitative estimate of drug-likeness (QED) is 0.615. The topological polar surface area (TPSA) is 111 Å². The van der Waals surface area contributed by atoms with E-state index in [1.54, 1.807) is 0 Å². The first-order valence-electron chi connectivity index (χ1n) is 5.41. The molecule has 0 saturated heterocycles. The number of carboxylic acids is 1. The predicted molar refractivity (Wildman–Crippen MR) is 62.8 cm³/mol. The first-order valence-corrected chi connectivity index (χ1v) is 5.41. The molecule has 2 rings (SSSR count). The summed E-state index contributed by atoms with van der Waals surface area (Å²) in [6.45, 7) is 0.0626. The number of benzene rings is 1. The van der Waals surface area contributed by atoms with Crippen LogP contribution in [0.2, 0.25) is 0 Å². The molecule has 7 nitrogen and oxygen atoms in total. The molecule has 0 spiro atoms. The van der Waals surface area contributed by atoms with Crippen LogP contribution in [-0.2, 0) is 11.3 Å². The van der Waals surface area contributed by atoms with Crippen LogP contribution in [0.5, 0.6) is 0 Å². The van der Waals surface area contributed by atoms with Gasteiger partial charge in [-0.2, -0.15) is 5.10 Å². The lowest BCUT2D eigenvalue weighted by Crippen LogP contribution is -2.28.